The minimum absolute atomic E-state index is 0.0232. The van der Waals surface area contributed by atoms with E-state index < -0.39 is 12.3 Å². The summed E-state index contributed by atoms with van der Waals surface area (Å²) in [5.74, 6) is -0.880. The highest BCUT2D eigenvalue weighted by molar-refractivity contribution is 7.11. The minimum Gasteiger partial charge on any atom is -0.492 e. The average Bonchev–Trinajstić information content (AvgIpc) is 3.41. The third kappa shape index (κ3) is 4.81. The van der Waals surface area contributed by atoms with Gasteiger partial charge in [-0.15, -0.1) is 0 Å². The summed E-state index contributed by atoms with van der Waals surface area (Å²) in [6.45, 7) is 5.20. The lowest BCUT2D eigenvalue weighted by Gasteiger charge is -2.20. The molecule has 1 aliphatic heterocycles. The Hall–Kier alpha value is -3.80. The number of carbonyl (C=O) groups excluding carboxylic acids is 2. The van der Waals surface area contributed by atoms with Crippen molar-refractivity contribution in [2.75, 3.05) is 16.8 Å². The molecule has 11 heteroatoms. The molecule has 6 N–H and O–H groups in total. The van der Waals surface area contributed by atoms with Crippen molar-refractivity contribution >= 4 is 45.4 Å². The van der Waals surface area contributed by atoms with Crippen LogP contribution in [-0.4, -0.2) is 56.1 Å². The summed E-state index contributed by atoms with van der Waals surface area (Å²) in [5.41, 5.74) is 4.18. The SMILES string of the molecule is CC(=O)c1cccc2c1CCN2C(=O)c1ccc(Nc2snc(O)c2C(=N)NC(O)C(C)O)cc1C. The van der Waals surface area contributed by atoms with Gasteiger partial charge in [0.25, 0.3) is 5.91 Å². The summed E-state index contributed by atoms with van der Waals surface area (Å²) >= 11 is 0.929. The number of benzene rings is 2. The number of hydrogen-bond donors (Lipinski definition) is 6. The van der Waals surface area contributed by atoms with E-state index in [1.807, 2.05) is 13.0 Å². The van der Waals surface area contributed by atoms with Gasteiger partial charge in [0.15, 0.2) is 12.0 Å². The lowest BCUT2D eigenvalue weighted by atomic mass is 10.0. The molecule has 2 unspecified atom stereocenters. The van der Waals surface area contributed by atoms with Gasteiger partial charge >= 0.3 is 0 Å². The molecule has 0 saturated heterocycles. The predicted molar refractivity (Wildman–Crippen MR) is 138 cm³/mol. The first-order valence-corrected chi connectivity index (χ1v) is 12.1. The fraction of sp³-hybridized carbons (Fsp3) is 0.280. The van der Waals surface area contributed by atoms with Crippen LogP contribution in [0.2, 0.25) is 0 Å². The van der Waals surface area contributed by atoms with Gasteiger partial charge in [0, 0.05) is 29.0 Å². The van der Waals surface area contributed by atoms with Crippen LogP contribution in [0.4, 0.5) is 16.4 Å². The summed E-state index contributed by atoms with van der Waals surface area (Å²) in [6.07, 6.45) is -1.89. The van der Waals surface area contributed by atoms with Crippen LogP contribution >= 0.6 is 11.5 Å². The Morgan fingerprint density at radius 3 is 2.61 bits per heavy atom. The molecule has 2 heterocycles. The number of nitrogens with one attached hydrogen (secondary N) is 3. The largest absolute Gasteiger partial charge is 0.492 e. The second-order valence-electron chi connectivity index (χ2n) is 8.64. The number of rotatable bonds is 7. The number of nitrogens with zero attached hydrogens (tertiary/aromatic N) is 2. The number of anilines is 3. The van der Waals surface area contributed by atoms with Crippen LogP contribution in [0.3, 0.4) is 0 Å². The van der Waals surface area contributed by atoms with Gasteiger partial charge in [-0.2, -0.15) is 4.37 Å². The Labute approximate surface area is 211 Å². The molecule has 0 saturated carbocycles. The average molecular weight is 510 g/mol. The normalized spacial score (nSPS) is 14.2. The number of Topliss-reactive ketones (excluding diaryl/α,β-unsaturated/α-hetero) is 1. The molecule has 10 nitrogen and oxygen atoms in total. The number of aliphatic hydroxyl groups is 2. The third-order valence-corrected chi connectivity index (χ3v) is 6.79. The van der Waals surface area contributed by atoms with Crippen molar-refractivity contribution in [1.29, 1.82) is 5.41 Å². The molecule has 0 radical (unpaired) electrons. The molecule has 0 spiro atoms. The van der Waals surface area contributed by atoms with Crippen LogP contribution in [0.15, 0.2) is 36.4 Å². The van der Waals surface area contributed by atoms with E-state index in [1.165, 1.54) is 13.8 Å². The van der Waals surface area contributed by atoms with Crippen LogP contribution in [0.5, 0.6) is 5.88 Å². The molecule has 188 valence electrons. The summed E-state index contributed by atoms with van der Waals surface area (Å²) in [7, 11) is 0. The van der Waals surface area contributed by atoms with Crippen molar-refractivity contribution in [2.24, 2.45) is 0 Å². The van der Waals surface area contributed by atoms with Crippen LogP contribution in [0, 0.1) is 12.3 Å². The number of carbonyl (C=O) groups is 2. The maximum absolute atomic E-state index is 13.4. The van der Waals surface area contributed by atoms with E-state index in [2.05, 4.69) is 15.0 Å². The lowest BCUT2D eigenvalue weighted by Crippen LogP contribution is -2.41. The van der Waals surface area contributed by atoms with Crippen molar-refractivity contribution < 1.29 is 24.9 Å². The highest BCUT2D eigenvalue weighted by Crippen LogP contribution is 2.35. The first kappa shape index (κ1) is 25.3. The molecule has 1 amide bonds. The minimum atomic E-state index is -1.39. The fourth-order valence-corrected chi connectivity index (χ4v) is 4.88. The summed E-state index contributed by atoms with van der Waals surface area (Å²) in [4.78, 5) is 27.0. The standard InChI is InChI=1S/C25H27N5O5S/c1-12-11-15(27-24-20(23(34)29-36-24)21(26)28-22(33)14(3)32)7-8-16(12)25(35)30-10-9-18-17(13(2)31)5-4-6-19(18)30/h4-8,11,14,22,27,32-33H,9-10H2,1-3H3,(H2,26,28)(H,29,34). The molecule has 0 aliphatic carbocycles. The number of aliphatic hydroxyl groups excluding tert-OH is 2. The molecule has 1 aromatic heterocycles. The second-order valence-corrected chi connectivity index (χ2v) is 9.41. The smallest absolute Gasteiger partial charge is 0.258 e. The number of fused-ring (bicyclic) bond motifs is 1. The monoisotopic (exact) mass is 509 g/mol. The van der Waals surface area contributed by atoms with Gasteiger partial charge in [-0.3, -0.25) is 15.0 Å². The highest BCUT2D eigenvalue weighted by atomic mass is 32.1. The van der Waals surface area contributed by atoms with Crippen LogP contribution in [-0.2, 0) is 6.42 Å². The molecule has 3 aromatic rings. The van der Waals surface area contributed by atoms with E-state index >= 15 is 0 Å². The zero-order valence-electron chi connectivity index (χ0n) is 20.0. The second kappa shape index (κ2) is 10.1. The van der Waals surface area contributed by atoms with E-state index in [-0.39, 0.29) is 29.0 Å². The van der Waals surface area contributed by atoms with E-state index in [0.717, 1.165) is 22.8 Å². The number of aromatic nitrogens is 1. The van der Waals surface area contributed by atoms with Gasteiger partial charge < -0.3 is 30.9 Å². The third-order valence-electron chi connectivity index (χ3n) is 6.04. The van der Waals surface area contributed by atoms with Crippen molar-refractivity contribution in [3.8, 4) is 5.88 Å². The summed E-state index contributed by atoms with van der Waals surface area (Å²) < 4.78 is 3.87. The Kier molecular flexibility index (Phi) is 7.07. The Morgan fingerprint density at radius 2 is 1.94 bits per heavy atom. The van der Waals surface area contributed by atoms with Gasteiger partial charge in [0.1, 0.15) is 16.4 Å². The first-order valence-electron chi connectivity index (χ1n) is 11.3. The molecule has 2 atom stereocenters. The summed E-state index contributed by atoms with van der Waals surface area (Å²) in [6, 6.07) is 10.6. The topological polar surface area (TPSA) is 159 Å². The van der Waals surface area contributed by atoms with Crippen molar-refractivity contribution in [1.82, 2.24) is 9.69 Å². The number of amides is 1. The van der Waals surface area contributed by atoms with Crippen LogP contribution in [0.1, 0.15) is 51.3 Å². The van der Waals surface area contributed by atoms with Gasteiger partial charge in [-0.1, -0.05) is 12.1 Å². The quantitative estimate of drug-likeness (QED) is 0.123. The summed E-state index contributed by atoms with van der Waals surface area (Å²) in [5, 5.41) is 43.4. The maximum Gasteiger partial charge on any atom is 0.258 e. The van der Waals surface area contributed by atoms with Gasteiger partial charge in [0.2, 0.25) is 5.88 Å². The Morgan fingerprint density at radius 1 is 1.19 bits per heavy atom. The first-order chi connectivity index (χ1) is 17.1. The molecular weight excluding hydrogens is 482 g/mol. The lowest BCUT2D eigenvalue weighted by molar-refractivity contribution is 0.0220. The number of ketones is 1. The van der Waals surface area contributed by atoms with Crippen molar-refractivity contribution in [3.05, 3.63) is 64.2 Å². The van der Waals surface area contributed by atoms with Crippen molar-refractivity contribution in [3.63, 3.8) is 0 Å². The molecule has 0 bridgehead atoms. The van der Waals surface area contributed by atoms with Crippen LogP contribution < -0.4 is 15.5 Å². The molecule has 2 aromatic carbocycles. The zero-order valence-corrected chi connectivity index (χ0v) is 20.8. The fourth-order valence-electron chi connectivity index (χ4n) is 4.17. The van der Waals surface area contributed by atoms with E-state index in [9.17, 15) is 24.9 Å². The Bertz CT molecular complexity index is 1350. The molecule has 36 heavy (non-hydrogen) atoms. The molecule has 1 aliphatic rings. The highest BCUT2D eigenvalue weighted by Gasteiger charge is 2.29. The predicted octanol–water partition coefficient (Wildman–Crippen LogP) is 2.92. The number of aromatic hydroxyl groups is 1. The molecule has 4 rings (SSSR count). The Balaban J connectivity index is 1.55. The van der Waals surface area contributed by atoms with Crippen LogP contribution in [0.25, 0.3) is 0 Å². The molecular formula is C25H27N5O5S. The van der Waals surface area contributed by atoms with E-state index in [4.69, 9.17) is 5.41 Å². The van der Waals surface area contributed by atoms with E-state index in [0.29, 0.717) is 40.3 Å². The number of aryl methyl sites for hydroxylation is 1. The number of amidine groups is 1. The zero-order chi connectivity index (χ0) is 26.1. The van der Waals surface area contributed by atoms with Gasteiger partial charge in [-0.25, -0.2) is 0 Å². The van der Waals surface area contributed by atoms with E-state index in [1.54, 1.807) is 35.2 Å². The van der Waals surface area contributed by atoms with Gasteiger partial charge in [-0.05, 0) is 74.1 Å². The van der Waals surface area contributed by atoms with Gasteiger partial charge in [0.05, 0.1) is 6.10 Å². The maximum atomic E-state index is 13.4. The number of hydrogen-bond acceptors (Lipinski definition) is 9. The molecule has 0 fully saturated rings. The van der Waals surface area contributed by atoms with Crippen molar-refractivity contribution in [2.45, 2.75) is 39.5 Å².